The number of benzene rings is 3. The van der Waals surface area contributed by atoms with Crippen molar-refractivity contribution in [3.05, 3.63) is 107 Å². The van der Waals surface area contributed by atoms with Gasteiger partial charge in [0, 0.05) is 22.5 Å². The van der Waals surface area contributed by atoms with E-state index in [1.165, 1.54) is 0 Å². The van der Waals surface area contributed by atoms with Crippen LogP contribution >= 0.6 is 0 Å². The normalized spacial score (nSPS) is 23.9. The minimum atomic E-state index is -1.50. The number of Topliss-reactive ketones (excluding diaryl/α,β-unsaturated/α-hetero) is 3. The van der Waals surface area contributed by atoms with Gasteiger partial charge in [-0.1, -0.05) is 99.6 Å². The zero-order chi connectivity index (χ0) is 24.5. The Kier molecular flexibility index (Phi) is 4.53. The first-order valence-electron chi connectivity index (χ1n) is 12.0. The molecule has 0 saturated carbocycles. The lowest BCUT2D eigenvalue weighted by molar-refractivity contribution is -0.131. The van der Waals surface area contributed by atoms with Crippen molar-refractivity contribution in [2.45, 2.75) is 38.8 Å². The minimum absolute atomic E-state index is 0.0404. The van der Waals surface area contributed by atoms with E-state index in [0.29, 0.717) is 11.1 Å². The molecule has 3 atom stereocenters. The highest BCUT2D eigenvalue weighted by Gasteiger charge is 2.73. The van der Waals surface area contributed by atoms with E-state index in [4.69, 9.17) is 5.10 Å². The highest BCUT2D eigenvalue weighted by molar-refractivity contribution is 6.31. The molecule has 1 fully saturated rings. The number of ketones is 3. The Balaban J connectivity index is 1.72. The van der Waals surface area contributed by atoms with Crippen molar-refractivity contribution in [3.63, 3.8) is 0 Å². The number of hydrogen-bond acceptors (Lipinski definition) is 5. The van der Waals surface area contributed by atoms with Gasteiger partial charge in [-0.3, -0.25) is 19.4 Å². The van der Waals surface area contributed by atoms with E-state index in [9.17, 15) is 14.4 Å². The molecule has 174 valence electrons. The standard InChI is InChI=1S/C30H26N2O3/c1-29(2,3)28(35)24-23(18-11-5-4-6-12-18)30(26(33)21-15-9-10-16-22(21)27(30)34)25-20-14-8-7-13-19(20)17-31-32(24)25/h4-17,23-25H,1-3H3/t23-,24+,25-/m0/s1. The maximum Gasteiger partial charge on any atom is 0.180 e. The lowest BCUT2D eigenvalue weighted by atomic mass is 9.62. The predicted octanol–water partition coefficient (Wildman–Crippen LogP) is 5.22. The summed E-state index contributed by atoms with van der Waals surface area (Å²) in [6.07, 6.45) is 1.74. The van der Waals surface area contributed by atoms with Crippen LogP contribution in [0.15, 0.2) is 84.0 Å². The summed E-state index contributed by atoms with van der Waals surface area (Å²) in [7, 11) is 0. The van der Waals surface area contributed by atoms with Crippen molar-refractivity contribution >= 4 is 23.6 Å². The number of carbonyl (C=O) groups excluding carboxylic acids is 3. The number of hydrogen-bond donors (Lipinski definition) is 0. The first-order valence-corrected chi connectivity index (χ1v) is 12.0. The van der Waals surface area contributed by atoms with E-state index in [-0.39, 0.29) is 17.3 Å². The summed E-state index contributed by atoms with van der Waals surface area (Å²) in [5.74, 6) is -1.17. The number of hydrazone groups is 1. The van der Waals surface area contributed by atoms with Crippen LogP contribution in [-0.4, -0.2) is 34.6 Å². The van der Waals surface area contributed by atoms with Crippen molar-refractivity contribution in [1.82, 2.24) is 5.01 Å². The highest BCUT2D eigenvalue weighted by atomic mass is 16.2. The molecule has 35 heavy (non-hydrogen) atoms. The highest BCUT2D eigenvalue weighted by Crippen LogP contribution is 2.64. The number of nitrogens with zero attached hydrogens (tertiary/aromatic N) is 2. The van der Waals surface area contributed by atoms with Gasteiger partial charge in [-0.2, -0.15) is 5.10 Å². The lowest BCUT2D eigenvalue weighted by Gasteiger charge is -2.36. The predicted molar refractivity (Wildman–Crippen MR) is 134 cm³/mol. The Morgan fingerprint density at radius 1 is 0.829 bits per heavy atom. The molecule has 1 spiro atoms. The van der Waals surface area contributed by atoms with E-state index < -0.39 is 28.8 Å². The molecular weight excluding hydrogens is 436 g/mol. The van der Waals surface area contributed by atoms with E-state index >= 15 is 0 Å². The third-order valence-corrected chi connectivity index (χ3v) is 7.74. The fraction of sp³-hybridized carbons (Fsp3) is 0.267. The fourth-order valence-electron chi connectivity index (χ4n) is 6.25. The molecule has 3 aromatic rings. The van der Waals surface area contributed by atoms with Crippen LogP contribution in [0.3, 0.4) is 0 Å². The lowest BCUT2D eigenvalue weighted by Crippen LogP contribution is -2.45. The third kappa shape index (κ3) is 2.75. The van der Waals surface area contributed by atoms with Crippen LogP contribution in [0, 0.1) is 10.8 Å². The van der Waals surface area contributed by atoms with Gasteiger partial charge in [0.25, 0.3) is 0 Å². The van der Waals surface area contributed by atoms with Gasteiger partial charge in [-0.25, -0.2) is 0 Å². The largest absolute Gasteiger partial charge is 0.297 e. The maximum absolute atomic E-state index is 14.5. The second kappa shape index (κ2) is 7.32. The number of fused-ring (bicyclic) bond motifs is 5. The first kappa shape index (κ1) is 21.7. The van der Waals surface area contributed by atoms with Crippen molar-refractivity contribution in [3.8, 4) is 0 Å². The van der Waals surface area contributed by atoms with Gasteiger partial charge in [-0.15, -0.1) is 0 Å². The molecule has 5 nitrogen and oxygen atoms in total. The molecule has 0 radical (unpaired) electrons. The molecule has 6 rings (SSSR count). The summed E-state index contributed by atoms with van der Waals surface area (Å²) in [5.41, 5.74) is 1.17. The van der Waals surface area contributed by atoms with Crippen LogP contribution in [0.4, 0.5) is 0 Å². The molecule has 3 aromatic carbocycles. The zero-order valence-electron chi connectivity index (χ0n) is 19.9. The van der Waals surface area contributed by atoms with Crippen molar-refractivity contribution < 1.29 is 14.4 Å². The van der Waals surface area contributed by atoms with Crippen LogP contribution in [0.2, 0.25) is 0 Å². The van der Waals surface area contributed by atoms with Gasteiger partial charge in [0.05, 0.1) is 12.3 Å². The molecule has 2 aliphatic heterocycles. The summed E-state index contributed by atoms with van der Waals surface area (Å²) in [6, 6.07) is 22.9. The van der Waals surface area contributed by atoms with Gasteiger partial charge in [0.1, 0.15) is 11.5 Å². The van der Waals surface area contributed by atoms with Crippen molar-refractivity contribution in [2.75, 3.05) is 0 Å². The monoisotopic (exact) mass is 462 g/mol. The van der Waals surface area contributed by atoms with E-state index in [1.807, 2.05) is 75.4 Å². The Hall–Kier alpha value is -3.86. The van der Waals surface area contributed by atoms with Crippen LogP contribution < -0.4 is 0 Å². The molecule has 1 aliphatic carbocycles. The summed E-state index contributed by atoms with van der Waals surface area (Å²) in [5, 5.41) is 6.52. The zero-order valence-corrected chi connectivity index (χ0v) is 19.9. The quantitative estimate of drug-likeness (QED) is 0.490. The molecule has 0 unspecified atom stereocenters. The van der Waals surface area contributed by atoms with E-state index in [1.54, 1.807) is 35.5 Å². The van der Waals surface area contributed by atoms with Crippen molar-refractivity contribution in [1.29, 1.82) is 0 Å². The smallest absolute Gasteiger partial charge is 0.180 e. The molecule has 0 bridgehead atoms. The molecule has 0 aromatic heterocycles. The van der Waals surface area contributed by atoms with Crippen molar-refractivity contribution in [2.24, 2.45) is 15.9 Å². The average molecular weight is 463 g/mol. The van der Waals surface area contributed by atoms with E-state index in [2.05, 4.69) is 0 Å². The molecule has 1 saturated heterocycles. The Labute approximate surface area is 204 Å². The summed E-state index contributed by atoms with van der Waals surface area (Å²) in [4.78, 5) is 43.1. The van der Waals surface area contributed by atoms with Crippen LogP contribution in [0.5, 0.6) is 0 Å². The van der Waals surface area contributed by atoms with Crippen LogP contribution in [-0.2, 0) is 4.79 Å². The molecule has 0 amide bonds. The van der Waals surface area contributed by atoms with E-state index in [0.717, 1.165) is 16.7 Å². The average Bonchev–Trinajstić information content (AvgIpc) is 3.30. The molecule has 3 aliphatic rings. The molecular formula is C30H26N2O3. The SMILES string of the molecule is CC(C)(C)C(=O)[C@H]1[C@H](c2ccccc2)C2(C(=O)c3ccccc3C2=O)[C@@H]2c3ccccc3C=NN21. The summed E-state index contributed by atoms with van der Waals surface area (Å²) in [6.45, 7) is 5.64. The topological polar surface area (TPSA) is 66.8 Å². The van der Waals surface area contributed by atoms with Gasteiger partial charge in [-0.05, 0) is 16.7 Å². The summed E-state index contributed by atoms with van der Waals surface area (Å²) >= 11 is 0. The molecule has 5 heteroatoms. The molecule has 2 heterocycles. The maximum atomic E-state index is 14.5. The Morgan fingerprint density at radius 3 is 2.03 bits per heavy atom. The van der Waals surface area contributed by atoms with Gasteiger partial charge >= 0.3 is 0 Å². The van der Waals surface area contributed by atoms with Gasteiger partial charge in [0.2, 0.25) is 0 Å². The first-order chi connectivity index (χ1) is 16.8. The van der Waals surface area contributed by atoms with Gasteiger partial charge < -0.3 is 0 Å². The number of rotatable bonds is 2. The Morgan fingerprint density at radius 2 is 1.40 bits per heavy atom. The Bertz CT molecular complexity index is 1380. The second-order valence-corrected chi connectivity index (χ2v) is 10.7. The molecule has 0 N–H and O–H groups in total. The number of carbonyl (C=O) groups is 3. The van der Waals surface area contributed by atoms with Crippen LogP contribution in [0.1, 0.15) is 70.1 Å². The minimum Gasteiger partial charge on any atom is -0.297 e. The fourth-order valence-corrected chi connectivity index (χ4v) is 6.25. The third-order valence-electron chi connectivity index (χ3n) is 7.74. The second-order valence-electron chi connectivity index (χ2n) is 10.7. The summed E-state index contributed by atoms with van der Waals surface area (Å²) < 4.78 is 0. The van der Waals surface area contributed by atoms with Gasteiger partial charge in [0.15, 0.2) is 17.3 Å². The van der Waals surface area contributed by atoms with Crippen LogP contribution in [0.25, 0.3) is 0 Å².